The van der Waals surface area contributed by atoms with Gasteiger partial charge in [0.2, 0.25) is 0 Å². The molecule has 1 aromatic heterocycles. The molecule has 0 aromatic carbocycles. The van der Waals surface area contributed by atoms with Crippen LogP contribution in [0.5, 0.6) is 0 Å². The van der Waals surface area contributed by atoms with E-state index in [-0.39, 0.29) is 30.3 Å². The first kappa shape index (κ1) is 13.9. The summed E-state index contributed by atoms with van der Waals surface area (Å²) < 4.78 is 0. The number of carbonyl (C=O) groups is 2. The number of rotatable bonds is 3. The Kier molecular flexibility index (Phi) is 3.53. The van der Waals surface area contributed by atoms with E-state index in [2.05, 4.69) is 4.98 Å². The maximum Gasteiger partial charge on any atom is 0.303 e. The van der Waals surface area contributed by atoms with E-state index in [1.807, 2.05) is 4.90 Å². The molecule has 0 radical (unpaired) electrons. The van der Waals surface area contributed by atoms with E-state index < -0.39 is 5.97 Å². The van der Waals surface area contributed by atoms with Crippen LogP contribution in [0.2, 0.25) is 0 Å². The molecule has 1 aromatic rings. The molecule has 0 aliphatic carbocycles. The van der Waals surface area contributed by atoms with Gasteiger partial charge in [0.25, 0.3) is 5.91 Å². The Morgan fingerprint density at radius 2 is 2.00 bits per heavy atom. The monoisotopic (exact) mass is 289 g/mol. The molecule has 6 nitrogen and oxygen atoms in total. The minimum atomic E-state index is -0.756. The number of aliphatic carboxylic acids is 1. The molecule has 1 amide bonds. The van der Waals surface area contributed by atoms with E-state index in [1.54, 1.807) is 18.3 Å². The number of fused-ring (bicyclic) bond motifs is 2. The highest BCUT2D eigenvalue weighted by Gasteiger charge is 2.44. The van der Waals surface area contributed by atoms with E-state index in [0.717, 1.165) is 25.7 Å². The van der Waals surface area contributed by atoms with E-state index in [9.17, 15) is 9.59 Å². The van der Waals surface area contributed by atoms with Crippen molar-refractivity contribution in [3.05, 3.63) is 24.0 Å². The molecule has 3 N–H and O–H groups in total. The van der Waals surface area contributed by atoms with Crippen LogP contribution in [0, 0.1) is 5.92 Å². The van der Waals surface area contributed by atoms with Crippen molar-refractivity contribution >= 4 is 17.6 Å². The summed E-state index contributed by atoms with van der Waals surface area (Å²) in [6, 6.07) is 3.64. The number of carboxylic acids is 1. The van der Waals surface area contributed by atoms with Crippen LogP contribution in [-0.2, 0) is 4.79 Å². The number of aromatic nitrogens is 1. The van der Waals surface area contributed by atoms with Gasteiger partial charge in [-0.15, -0.1) is 0 Å². The fourth-order valence-corrected chi connectivity index (χ4v) is 3.75. The van der Waals surface area contributed by atoms with Crippen molar-refractivity contribution in [2.75, 3.05) is 5.73 Å². The minimum Gasteiger partial charge on any atom is -0.481 e. The van der Waals surface area contributed by atoms with Crippen LogP contribution in [0.4, 0.5) is 5.69 Å². The number of hydrogen-bond donors (Lipinski definition) is 2. The SMILES string of the molecule is Nc1cccnc1C(=O)N1C2CCC1CC(CC(=O)O)C2. The van der Waals surface area contributed by atoms with E-state index in [1.165, 1.54) is 0 Å². The van der Waals surface area contributed by atoms with Crippen LogP contribution in [0.1, 0.15) is 42.6 Å². The Bertz CT molecular complexity index is 561. The van der Waals surface area contributed by atoms with Gasteiger partial charge in [-0.3, -0.25) is 9.59 Å². The zero-order chi connectivity index (χ0) is 15.0. The number of piperidine rings is 1. The number of pyridine rings is 1. The molecule has 112 valence electrons. The summed E-state index contributed by atoms with van der Waals surface area (Å²) in [5.41, 5.74) is 6.55. The molecule has 2 unspecified atom stereocenters. The Labute approximate surface area is 123 Å². The van der Waals surface area contributed by atoms with Crippen LogP contribution in [0.3, 0.4) is 0 Å². The third-order valence-corrected chi connectivity index (χ3v) is 4.57. The number of carboxylic acid groups (broad SMARTS) is 1. The average Bonchev–Trinajstić information content (AvgIpc) is 2.69. The number of carbonyl (C=O) groups excluding carboxylic acids is 1. The van der Waals surface area contributed by atoms with Crippen LogP contribution in [0.25, 0.3) is 0 Å². The van der Waals surface area contributed by atoms with Crippen LogP contribution in [0.15, 0.2) is 18.3 Å². The highest BCUT2D eigenvalue weighted by Crippen LogP contribution is 2.40. The summed E-state index contributed by atoms with van der Waals surface area (Å²) in [5.74, 6) is -0.701. The van der Waals surface area contributed by atoms with E-state index >= 15 is 0 Å². The molecule has 3 rings (SSSR count). The van der Waals surface area contributed by atoms with Gasteiger partial charge < -0.3 is 15.7 Å². The Hall–Kier alpha value is -2.11. The van der Waals surface area contributed by atoms with Crippen LogP contribution >= 0.6 is 0 Å². The predicted molar refractivity (Wildman–Crippen MR) is 76.6 cm³/mol. The largest absolute Gasteiger partial charge is 0.481 e. The molecular weight excluding hydrogens is 270 g/mol. The van der Waals surface area contributed by atoms with E-state index in [0.29, 0.717) is 11.4 Å². The normalized spacial score (nSPS) is 27.6. The molecule has 21 heavy (non-hydrogen) atoms. The summed E-state index contributed by atoms with van der Waals surface area (Å²) >= 11 is 0. The second kappa shape index (κ2) is 5.35. The first-order valence-corrected chi connectivity index (χ1v) is 7.31. The lowest BCUT2D eigenvalue weighted by atomic mass is 9.88. The number of nitrogens with zero attached hydrogens (tertiary/aromatic N) is 2. The topological polar surface area (TPSA) is 96.5 Å². The van der Waals surface area contributed by atoms with Crippen molar-refractivity contribution in [3.63, 3.8) is 0 Å². The van der Waals surface area contributed by atoms with Crippen LogP contribution in [-0.4, -0.2) is 39.0 Å². The Morgan fingerprint density at radius 1 is 1.33 bits per heavy atom. The van der Waals surface area contributed by atoms with Gasteiger partial charge >= 0.3 is 5.97 Å². The van der Waals surface area contributed by atoms with Crippen molar-refractivity contribution in [2.45, 2.75) is 44.2 Å². The van der Waals surface area contributed by atoms with Crippen molar-refractivity contribution in [1.82, 2.24) is 9.88 Å². The second-order valence-corrected chi connectivity index (χ2v) is 5.97. The molecule has 2 fully saturated rings. The molecule has 2 saturated heterocycles. The molecule has 2 bridgehead atoms. The molecule has 0 saturated carbocycles. The summed E-state index contributed by atoms with van der Waals surface area (Å²) in [6.45, 7) is 0. The van der Waals surface area contributed by atoms with Gasteiger partial charge in [0.05, 0.1) is 5.69 Å². The summed E-state index contributed by atoms with van der Waals surface area (Å²) in [6.07, 6.45) is 5.19. The molecule has 2 aliphatic heterocycles. The van der Waals surface area contributed by atoms with Crippen molar-refractivity contribution in [1.29, 1.82) is 0 Å². The fraction of sp³-hybridized carbons (Fsp3) is 0.533. The predicted octanol–water partition coefficient (Wildman–Crippen LogP) is 1.52. The maximum atomic E-state index is 12.7. The van der Waals surface area contributed by atoms with Crippen molar-refractivity contribution in [2.24, 2.45) is 5.92 Å². The minimum absolute atomic E-state index is 0.116. The second-order valence-electron chi connectivity index (χ2n) is 5.97. The van der Waals surface area contributed by atoms with Gasteiger partial charge in [-0.25, -0.2) is 4.98 Å². The smallest absolute Gasteiger partial charge is 0.303 e. The number of anilines is 1. The average molecular weight is 289 g/mol. The van der Waals surface area contributed by atoms with Crippen molar-refractivity contribution < 1.29 is 14.7 Å². The van der Waals surface area contributed by atoms with Crippen molar-refractivity contribution in [3.8, 4) is 0 Å². The zero-order valence-electron chi connectivity index (χ0n) is 11.7. The maximum absolute atomic E-state index is 12.7. The lowest BCUT2D eigenvalue weighted by Gasteiger charge is -2.38. The fourth-order valence-electron chi connectivity index (χ4n) is 3.75. The van der Waals surface area contributed by atoms with Gasteiger partial charge in [-0.2, -0.15) is 0 Å². The van der Waals surface area contributed by atoms with Gasteiger partial charge in [0.1, 0.15) is 0 Å². The first-order valence-electron chi connectivity index (χ1n) is 7.31. The molecule has 0 spiro atoms. The number of nitrogens with two attached hydrogens (primary N) is 1. The lowest BCUT2D eigenvalue weighted by Crippen LogP contribution is -2.47. The number of nitrogen functional groups attached to an aromatic ring is 1. The molecular formula is C15H19N3O3. The van der Waals surface area contributed by atoms with Gasteiger partial charge in [0, 0.05) is 24.7 Å². The zero-order valence-corrected chi connectivity index (χ0v) is 11.7. The standard InChI is InChI=1S/C15H19N3O3/c16-12-2-1-5-17-14(12)15(21)18-10-3-4-11(18)7-9(6-10)8-13(19)20/h1-2,5,9-11H,3-4,6-8,16H2,(H,19,20). The summed E-state index contributed by atoms with van der Waals surface area (Å²) in [7, 11) is 0. The van der Waals surface area contributed by atoms with E-state index in [4.69, 9.17) is 10.8 Å². The Balaban J connectivity index is 1.78. The molecule has 3 heterocycles. The molecule has 2 atom stereocenters. The summed E-state index contributed by atoms with van der Waals surface area (Å²) in [4.78, 5) is 29.5. The highest BCUT2D eigenvalue weighted by atomic mass is 16.4. The van der Waals surface area contributed by atoms with Gasteiger partial charge in [0.15, 0.2) is 5.69 Å². The van der Waals surface area contributed by atoms with Gasteiger partial charge in [-0.1, -0.05) is 0 Å². The Morgan fingerprint density at radius 3 is 2.57 bits per heavy atom. The third kappa shape index (κ3) is 2.57. The molecule has 6 heteroatoms. The third-order valence-electron chi connectivity index (χ3n) is 4.57. The quantitative estimate of drug-likeness (QED) is 0.879. The summed E-state index contributed by atoms with van der Waals surface area (Å²) in [5, 5.41) is 8.94. The number of hydrogen-bond acceptors (Lipinski definition) is 4. The van der Waals surface area contributed by atoms with Gasteiger partial charge in [-0.05, 0) is 43.7 Å². The lowest BCUT2D eigenvalue weighted by molar-refractivity contribution is -0.138. The molecule has 2 aliphatic rings. The highest BCUT2D eigenvalue weighted by molar-refractivity contribution is 5.97. The first-order chi connectivity index (χ1) is 10.1. The van der Waals surface area contributed by atoms with Crippen LogP contribution < -0.4 is 5.73 Å². The number of amides is 1.